The van der Waals surface area contributed by atoms with Gasteiger partial charge in [-0.1, -0.05) is 23.7 Å². The summed E-state index contributed by atoms with van der Waals surface area (Å²) in [4.78, 5) is 29.2. The Morgan fingerprint density at radius 3 is 2.43 bits per heavy atom. The van der Waals surface area contributed by atoms with E-state index in [-0.39, 0.29) is 11.5 Å². The largest absolute Gasteiger partial charge is 0.493 e. The number of aromatic nitrogens is 2. The number of amides is 1. The highest BCUT2D eigenvalue weighted by Gasteiger charge is 2.22. The van der Waals surface area contributed by atoms with Crippen molar-refractivity contribution in [2.45, 2.75) is 19.4 Å². The number of ether oxygens (including phenoxy) is 2. The van der Waals surface area contributed by atoms with Crippen LogP contribution < -0.4 is 19.9 Å². The molecule has 0 unspecified atom stereocenters. The zero-order valence-corrected chi connectivity index (χ0v) is 20.7. The molecule has 0 radical (unpaired) electrons. The molecule has 184 valence electrons. The van der Waals surface area contributed by atoms with E-state index < -0.39 is 0 Å². The Morgan fingerprint density at radius 2 is 1.71 bits per heavy atom. The number of nitrogens with zero attached hydrogens (tertiary/aromatic N) is 4. The Labute approximate surface area is 209 Å². The molecule has 8 nitrogen and oxygen atoms in total. The lowest BCUT2D eigenvalue weighted by molar-refractivity contribution is -0.131. The summed E-state index contributed by atoms with van der Waals surface area (Å²) in [7, 11) is 3.15. The normalized spacial score (nSPS) is 13.6. The van der Waals surface area contributed by atoms with E-state index in [9.17, 15) is 9.59 Å². The molecule has 9 heteroatoms. The van der Waals surface area contributed by atoms with Crippen LogP contribution in [0, 0.1) is 0 Å². The molecular formula is C26H29ClN4O4. The second-order valence-electron chi connectivity index (χ2n) is 8.27. The van der Waals surface area contributed by atoms with E-state index in [1.807, 2.05) is 41.3 Å². The quantitative estimate of drug-likeness (QED) is 0.473. The molecule has 4 rings (SSSR count). The Bertz CT molecular complexity index is 1240. The molecule has 0 atom stereocenters. The highest BCUT2D eigenvalue weighted by molar-refractivity contribution is 6.33. The lowest BCUT2D eigenvalue weighted by atomic mass is 10.1. The number of methoxy groups -OCH3 is 2. The molecule has 1 aromatic heterocycles. The van der Waals surface area contributed by atoms with Crippen LogP contribution in [0.5, 0.6) is 11.5 Å². The van der Waals surface area contributed by atoms with Gasteiger partial charge in [0.15, 0.2) is 11.5 Å². The summed E-state index contributed by atoms with van der Waals surface area (Å²) in [6.45, 7) is 3.15. The number of halogens is 1. The summed E-state index contributed by atoms with van der Waals surface area (Å²) >= 11 is 6.31. The molecule has 1 amide bonds. The number of benzene rings is 2. The molecule has 0 N–H and O–H groups in total. The van der Waals surface area contributed by atoms with Gasteiger partial charge in [0, 0.05) is 50.8 Å². The van der Waals surface area contributed by atoms with Crippen LogP contribution >= 0.6 is 11.6 Å². The summed E-state index contributed by atoms with van der Waals surface area (Å²) < 4.78 is 12.1. The zero-order chi connectivity index (χ0) is 24.8. The summed E-state index contributed by atoms with van der Waals surface area (Å²) in [5, 5.41) is 5.22. The van der Waals surface area contributed by atoms with Gasteiger partial charge in [0.25, 0.3) is 5.56 Å². The molecule has 1 aliphatic rings. The third-order valence-corrected chi connectivity index (χ3v) is 6.45. The van der Waals surface area contributed by atoms with Crippen molar-refractivity contribution in [1.29, 1.82) is 0 Å². The molecule has 2 heterocycles. The Morgan fingerprint density at radius 1 is 0.971 bits per heavy atom. The maximum atomic E-state index is 12.8. The van der Waals surface area contributed by atoms with Crippen LogP contribution in [0.3, 0.4) is 0 Å². The molecule has 3 aromatic rings. The number of rotatable bonds is 8. The number of aryl methyl sites for hydroxylation is 1. The smallest absolute Gasteiger partial charge is 0.266 e. The van der Waals surface area contributed by atoms with E-state index >= 15 is 0 Å². The number of hydrogen-bond donors (Lipinski definition) is 0. The van der Waals surface area contributed by atoms with Gasteiger partial charge in [0.2, 0.25) is 5.91 Å². The van der Waals surface area contributed by atoms with Crippen LogP contribution in [0.15, 0.2) is 59.4 Å². The zero-order valence-electron chi connectivity index (χ0n) is 19.9. The monoisotopic (exact) mass is 496 g/mol. The number of hydrogen-bond acceptors (Lipinski definition) is 6. The molecule has 0 saturated carbocycles. The van der Waals surface area contributed by atoms with Crippen molar-refractivity contribution in [3.05, 3.63) is 70.0 Å². The van der Waals surface area contributed by atoms with E-state index in [2.05, 4.69) is 10.00 Å². The van der Waals surface area contributed by atoms with Crippen LogP contribution in [-0.4, -0.2) is 61.0 Å². The second-order valence-corrected chi connectivity index (χ2v) is 8.68. The van der Waals surface area contributed by atoms with Gasteiger partial charge in [-0.2, -0.15) is 5.10 Å². The van der Waals surface area contributed by atoms with E-state index in [0.29, 0.717) is 49.7 Å². The highest BCUT2D eigenvalue weighted by atomic mass is 35.5. The molecule has 35 heavy (non-hydrogen) atoms. The first-order valence-electron chi connectivity index (χ1n) is 11.6. The first-order valence-corrected chi connectivity index (χ1v) is 12.0. The summed E-state index contributed by atoms with van der Waals surface area (Å²) in [6.07, 6.45) is 0.895. The minimum Gasteiger partial charge on any atom is -0.493 e. The number of carbonyl (C=O) groups excluding carboxylic acids is 1. The SMILES string of the molecule is COc1ccc(-c2ccc(=O)n(CCCC(=O)N3CCN(c4ccccc4Cl)CC3)n2)cc1OC. The van der Waals surface area contributed by atoms with Gasteiger partial charge in [-0.3, -0.25) is 9.59 Å². The molecular weight excluding hydrogens is 468 g/mol. The molecule has 0 aliphatic carbocycles. The van der Waals surface area contributed by atoms with Gasteiger partial charge in [-0.15, -0.1) is 0 Å². The van der Waals surface area contributed by atoms with Crippen molar-refractivity contribution < 1.29 is 14.3 Å². The van der Waals surface area contributed by atoms with Gasteiger partial charge in [0.05, 0.1) is 30.6 Å². The van der Waals surface area contributed by atoms with Gasteiger partial charge in [-0.05, 0) is 42.8 Å². The van der Waals surface area contributed by atoms with Crippen LogP contribution in [-0.2, 0) is 11.3 Å². The van der Waals surface area contributed by atoms with E-state index in [4.69, 9.17) is 21.1 Å². The van der Waals surface area contributed by atoms with Gasteiger partial charge in [-0.25, -0.2) is 4.68 Å². The van der Waals surface area contributed by atoms with Crippen molar-refractivity contribution in [2.24, 2.45) is 0 Å². The average Bonchev–Trinajstić information content (AvgIpc) is 2.89. The average molecular weight is 497 g/mol. The van der Waals surface area contributed by atoms with Crippen LogP contribution in [0.25, 0.3) is 11.3 Å². The van der Waals surface area contributed by atoms with Crippen molar-refractivity contribution in [3.8, 4) is 22.8 Å². The number of para-hydroxylation sites is 1. The fourth-order valence-corrected chi connectivity index (χ4v) is 4.46. The maximum absolute atomic E-state index is 12.8. The summed E-state index contributed by atoms with van der Waals surface area (Å²) in [5.41, 5.74) is 2.26. The minimum absolute atomic E-state index is 0.0907. The Kier molecular flexibility index (Phi) is 7.92. The van der Waals surface area contributed by atoms with Gasteiger partial charge >= 0.3 is 0 Å². The first-order chi connectivity index (χ1) is 17.0. The number of carbonyl (C=O) groups is 1. The lowest BCUT2D eigenvalue weighted by Crippen LogP contribution is -2.48. The molecule has 1 saturated heterocycles. The van der Waals surface area contributed by atoms with Gasteiger partial charge in [0.1, 0.15) is 0 Å². The van der Waals surface area contributed by atoms with Crippen molar-refractivity contribution in [2.75, 3.05) is 45.3 Å². The highest BCUT2D eigenvalue weighted by Crippen LogP contribution is 2.31. The number of piperazine rings is 1. The molecule has 0 bridgehead atoms. The summed E-state index contributed by atoms with van der Waals surface area (Å²) in [6, 6.07) is 16.4. The van der Waals surface area contributed by atoms with E-state index in [1.165, 1.54) is 10.7 Å². The van der Waals surface area contributed by atoms with Crippen molar-refractivity contribution in [3.63, 3.8) is 0 Å². The minimum atomic E-state index is -0.199. The van der Waals surface area contributed by atoms with Crippen LogP contribution in [0.2, 0.25) is 5.02 Å². The fourth-order valence-electron chi connectivity index (χ4n) is 4.20. The third-order valence-electron chi connectivity index (χ3n) is 6.13. The van der Waals surface area contributed by atoms with E-state index in [0.717, 1.165) is 29.4 Å². The fraction of sp³-hybridized carbons (Fsp3) is 0.346. The first kappa shape index (κ1) is 24.6. The predicted molar refractivity (Wildman–Crippen MR) is 137 cm³/mol. The second kappa shape index (κ2) is 11.3. The Hall–Kier alpha value is -3.52. The van der Waals surface area contributed by atoms with Crippen LogP contribution in [0.1, 0.15) is 12.8 Å². The van der Waals surface area contributed by atoms with Crippen LogP contribution in [0.4, 0.5) is 5.69 Å². The van der Waals surface area contributed by atoms with Crippen molar-refractivity contribution in [1.82, 2.24) is 14.7 Å². The topological polar surface area (TPSA) is 76.9 Å². The predicted octanol–water partition coefficient (Wildman–Crippen LogP) is 3.71. The van der Waals surface area contributed by atoms with Crippen molar-refractivity contribution >= 4 is 23.2 Å². The van der Waals surface area contributed by atoms with Gasteiger partial charge < -0.3 is 19.3 Å². The maximum Gasteiger partial charge on any atom is 0.266 e. The molecule has 1 fully saturated rings. The lowest BCUT2D eigenvalue weighted by Gasteiger charge is -2.36. The molecule has 1 aliphatic heterocycles. The molecule has 0 spiro atoms. The number of anilines is 1. The summed E-state index contributed by atoms with van der Waals surface area (Å²) in [5.74, 6) is 1.30. The molecule has 2 aromatic carbocycles. The third kappa shape index (κ3) is 5.77. The standard InChI is InChI=1S/C26H29ClN4O4/c1-34-23-11-9-19(18-24(23)35-2)21-10-12-26(33)31(28-21)13-5-8-25(32)30-16-14-29(15-17-30)22-7-4-3-6-20(22)27/h3-4,6-7,9-12,18H,5,8,13-17H2,1-2H3. The van der Waals surface area contributed by atoms with E-state index in [1.54, 1.807) is 26.4 Å². The Balaban J connectivity index is 1.33.